The summed E-state index contributed by atoms with van der Waals surface area (Å²) >= 11 is 0. The van der Waals surface area contributed by atoms with E-state index in [2.05, 4.69) is 30.8 Å². The zero-order chi connectivity index (χ0) is 27.8. The Kier molecular flexibility index (Phi) is 6.96. The van der Waals surface area contributed by atoms with E-state index in [1.807, 2.05) is 22.5 Å². The predicted molar refractivity (Wildman–Crippen MR) is 136 cm³/mol. The van der Waals surface area contributed by atoms with Gasteiger partial charge in [0.2, 0.25) is 11.8 Å². The molecular formula is C26H28F3N7O3. The van der Waals surface area contributed by atoms with Gasteiger partial charge >= 0.3 is 12.2 Å². The average molecular weight is 544 g/mol. The maximum absolute atomic E-state index is 13.0. The topological polar surface area (TPSA) is 118 Å². The smallest absolute Gasteiger partial charge is 0.408 e. The van der Waals surface area contributed by atoms with E-state index in [1.54, 1.807) is 13.3 Å². The van der Waals surface area contributed by atoms with Crippen LogP contribution in [0.5, 0.6) is 11.8 Å². The van der Waals surface area contributed by atoms with E-state index in [9.17, 15) is 18.0 Å². The first kappa shape index (κ1) is 26.5. The SMILES string of the molecule is C#CC1(COc2nc(C(=O)N[C@@H](C)C(F)(F)F)nc(N3CCC(c4c[nH]c5nccc(OC)c45)CC3)n2)CC1. The standard InChI is InChI=1S/C26H28F3N7O3/c1-4-25(8-9-25)14-39-24-34-21(22(37)32-15(2)26(27,28)29)33-23(35-24)36-11-6-16(7-12-36)17-13-31-20-19(17)18(38-3)5-10-30-20/h1,5,10,13,15-16H,6-9,11-12,14H2,2-3H3,(H,30,31)(H,32,37)/t15-/m0/s1. The number of carbonyl (C=O) groups is 1. The quantitative estimate of drug-likeness (QED) is 0.414. The predicted octanol–water partition coefficient (Wildman–Crippen LogP) is 3.61. The van der Waals surface area contributed by atoms with Crippen LogP contribution in [0.4, 0.5) is 19.1 Å². The van der Waals surface area contributed by atoms with E-state index in [0.717, 1.165) is 55.0 Å². The molecule has 1 saturated carbocycles. The number of pyridine rings is 1. The molecule has 1 amide bonds. The van der Waals surface area contributed by atoms with E-state index in [4.69, 9.17) is 15.9 Å². The van der Waals surface area contributed by atoms with E-state index in [1.165, 1.54) is 0 Å². The number of alkyl halides is 3. The summed E-state index contributed by atoms with van der Waals surface area (Å²) in [5.41, 5.74) is 1.43. The third-order valence-corrected chi connectivity index (χ3v) is 7.29. The van der Waals surface area contributed by atoms with Crippen LogP contribution < -0.4 is 19.7 Å². The van der Waals surface area contributed by atoms with Gasteiger partial charge < -0.3 is 24.7 Å². The molecule has 5 rings (SSSR count). The van der Waals surface area contributed by atoms with Gasteiger partial charge in [-0.05, 0) is 50.2 Å². The summed E-state index contributed by atoms with van der Waals surface area (Å²) in [6, 6.07) is -0.413. The number of piperidine rings is 1. The highest BCUT2D eigenvalue weighted by Gasteiger charge is 2.42. The first-order valence-corrected chi connectivity index (χ1v) is 12.6. The average Bonchev–Trinajstić information content (AvgIpc) is 3.60. The lowest BCUT2D eigenvalue weighted by atomic mass is 9.89. The van der Waals surface area contributed by atoms with Crippen molar-refractivity contribution in [3.8, 4) is 24.1 Å². The van der Waals surface area contributed by atoms with Gasteiger partial charge in [-0.2, -0.15) is 28.1 Å². The zero-order valence-electron chi connectivity index (χ0n) is 21.5. The largest absolute Gasteiger partial charge is 0.496 e. The Morgan fingerprint density at radius 3 is 2.69 bits per heavy atom. The van der Waals surface area contributed by atoms with Crippen LogP contribution in [0.2, 0.25) is 0 Å². The second-order valence-corrected chi connectivity index (χ2v) is 9.93. The number of aromatic amines is 1. The molecule has 39 heavy (non-hydrogen) atoms. The van der Waals surface area contributed by atoms with Crippen LogP contribution in [0.15, 0.2) is 18.5 Å². The van der Waals surface area contributed by atoms with Crippen molar-refractivity contribution in [2.24, 2.45) is 5.41 Å². The highest BCUT2D eigenvalue weighted by Crippen LogP contribution is 2.45. The Bertz CT molecular complexity index is 1410. The van der Waals surface area contributed by atoms with Crippen LogP contribution in [0.3, 0.4) is 0 Å². The number of ether oxygens (including phenoxy) is 2. The van der Waals surface area contributed by atoms with Gasteiger partial charge in [-0.25, -0.2) is 4.98 Å². The van der Waals surface area contributed by atoms with Crippen molar-refractivity contribution in [3.05, 3.63) is 29.8 Å². The number of carbonyl (C=O) groups excluding carboxylic acids is 1. The lowest BCUT2D eigenvalue weighted by Gasteiger charge is -2.32. The molecule has 206 valence electrons. The molecule has 1 saturated heterocycles. The molecule has 0 aromatic carbocycles. The maximum Gasteiger partial charge on any atom is 0.408 e. The van der Waals surface area contributed by atoms with Crippen molar-refractivity contribution < 1.29 is 27.4 Å². The summed E-state index contributed by atoms with van der Waals surface area (Å²) in [6.07, 6.45) is 7.65. The summed E-state index contributed by atoms with van der Waals surface area (Å²) in [4.78, 5) is 34.7. The Labute approximate surface area is 222 Å². The van der Waals surface area contributed by atoms with Crippen molar-refractivity contribution in [1.29, 1.82) is 0 Å². The van der Waals surface area contributed by atoms with Gasteiger partial charge in [-0.1, -0.05) is 5.92 Å². The number of amides is 1. The number of anilines is 1. The third kappa shape index (κ3) is 5.55. The Morgan fingerprint density at radius 1 is 1.31 bits per heavy atom. The number of H-pyrrole nitrogens is 1. The molecule has 2 fully saturated rings. The van der Waals surface area contributed by atoms with Gasteiger partial charge in [-0.15, -0.1) is 6.42 Å². The van der Waals surface area contributed by atoms with Crippen LogP contribution in [0.25, 0.3) is 11.0 Å². The molecule has 0 spiro atoms. The highest BCUT2D eigenvalue weighted by molar-refractivity contribution is 5.91. The number of methoxy groups -OCH3 is 1. The van der Waals surface area contributed by atoms with Gasteiger partial charge in [0.05, 0.1) is 17.9 Å². The van der Waals surface area contributed by atoms with Gasteiger partial charge in [0, 0.05) is 25.5 Å². The monoisotopic (exact) mass is 543 g/mol. The van der Waals surface area contributed by atoms with Gasteiger partial charge in [0.1, 0.15) is 24.0 Å². The number of rotatable bonds is 8. The van der Waals surface area contributed by atoms with E-state index < -0.39 is 29.4 Å². The highest BCUT2D eigenvalue weighted by atomic mass is 19.4. The summed E-state index contributed by atoms with van der Waals surface area (Å²) < 4.78 is 50.4. The second-order valence-electron chi connectivity index (χ2n) is 9.93. The molecule has 2 aliphatic rings. The summed E-state index contributed by atoms with van der Waals surface area (Å²) in [6.45, 7) is 2.07. The number of hydrogen-bond acceptors (Lipinski definition) is 8. The van der Waals surface area contributed by atoms with Crippen molar-refractivity contribution in [2.75, 3.05) is 31.7 Å². The van der Waals surface area contributed by atoms with Gasteiger partial charge in [0.15, 0.2) is 0 Å². The molecule has 1 aliphatic heterocycles. The number of fused-ring (bicyclic) bond motifs is 1. The first-order valence-electron chi connectivity index (χ1n) is 12.6. The molecule has 0 radical (unpaired) electrons. The normalized spacial score (nSPS) is 17.9. The molecule has 3 aromatic rings. The zero-order valence-corrected chi connectivity index (χ0v) is 21.5. The molecule has 1 aliphatic carbocycles. The first-order chi connectivity index (χ1) is 18.6. The van der Waals surface area contributed by atoms with Crippen LogP contribution in [-0.2, 0) is 0 Å². The van der Waals surface area contributed by atoms with E-state index in [-0.39, 0.29) is 24.5 Å². The summed E-state index contributed by atoms with van der Waals surface area (Å²) in [7, 11) is 1.62. The lowest BCUT2D eigenvalue weighted by Crippen LogP contribution is -2.44. The lowest BCUT2D eigenvalue weighted by molar-refractivity contribution is -0.149. The minimum absolute atomic E-state index is 0.144. The molecular weight excluding hydrogens is 515 g/mol. The fraction of sp³-hybridized carbons (Fsp3) is 0.500. The molecule has 0 bridgehead atoms. The number of aromatic nitrogens is 5. The second kappa shape index (κ2) is 10.2. The van der Waals surface area contributed by atoms with Gasteiger partial charge in [-0.3, -0.25) is 4.79 Å². The Balaban J connectivity index is 1.36. The molecule has 1 atom stereocenters. The fourth-order valence-electron chi connectivity index (χ4n) is 4.61. The van der Waals surface area contributed by atoms with Crippen LogP contribution in [-0.4, -0.2) is 69.9 Å². The minimum atomic E-state index is -4.61. The molecule has 2 N–H and O–H groups in total. The molecule has 4 heterocycles. The van der Waals surface area contributed by atoms with Crippen LogP contribution in [0.1, 0.15) is 54.7 Å². The van der Waals surface area contributed by atoms with Crippen LogP contribution >= 0.6 is 0 Å². The maximum atomic E-state index is 13.0. The molecule has 10 nitrogen and oxygen atoms in total. The van der Waals surface area contributed by atoms with Crippen molar-refractivity contribution >= 4 is 22.9 Å². The number of hydrogen-bond donors (Lipinski definition) is 2. The minimum Gasteiger partial charge on any atom is -0.496 e. The van der Waals surface area contributed by atoms with Crippen LogP contribution in [0, 0.1) is 17.8 Å². The molecule has 0 unspecified atom stereocenters. The molecule has 13 heteroatoms. The van der Waals surface area contributed by atoms with Gasteiger partial charge in [0.25, 0.3) is 5.91 Å². The van der Waals surface area contributed by atoms with E-state index >= 15 is 0 Å². The fourth-order valence-corrected chi connectivity index (χ4v) is 4.61. The molecule has 3 aromatic heterocycles. The Morgan fingerprint density at radius 2 is 2.05 bits per heavy atom. The van der Waals surface area contributed by atoms with Crippen molar-refractivity contribution in [2.45, 2.75) is 50.7 Å². The summed E-state index contributed by atoms with van der Waals surface area (Å²) in [5.74, 6) is 2.27. The summed E-state index contributed by atoms with van der Waals surface area (Å²) in [5, 5.41) is 2.84. The number of nitrogens with zero attached hydrogens (tertiary/aromatic N) is 5. The van der Waals surface area contributed by atoms with E-state index in [0.29, 0.717) is 13.1 Å². The number of halogens is 3. The Hall–Kier alpha value is -4.08. The van der Waals surface area contributed by atoms with Crippen molar-refractivity contribution in [1.82, 2.24) is 30.2 Å². The van der Waals surface area contributed by atoms with Crippen molar-refractivity contribution in [3.63, 3.8) is 0 Å². The number of nitrogens with one attached hydrogen (secondary N) is 2. The third-order valence-electron chi connectivity index (χ3n) is 7.29. The number of terminal acetylenes is 1.